The molecule has 15 heavy (non-hydrogen) atoms. The topological polar surface area (TPSA) is 41.3 Å². The van der Waals surface area contributed by atoms with Gasteiger partial charge < -0.3 is 0 Å². The summed E-state index contributed by atoms with van der Waals surface area (Å²) in [6, 6.07) is 0.447. The lowest BCUT2D eigenvalue weighted by Crippen LogP contribution is -2.61. The molecule has 0 spiro atoms. The van der Waals surface area contributed by atoms with Crippen LogP contribution in [0.25, 0.3) is 0 Å². The van der Waals surface area contributed by atoms with Crippen LogP contribution in [0.1, 0.15) is 47.0 Å². The normalized spacial score (nSPS) is 22.8. The van der Waals surface area contributed by atoms with Crippen LogP contribution >= 0.6 is 0 Å². The summed E-state index contributed by atoms with van der Waals surface area (Å²) in [7, 11) is 0. The highest BCUT2D eigenvalue weighted by Gasteiger charge is 2.44. The van der Waals surface area contributed by atoms with Crippen LogP contribution in [0, 0.1) is 5.92 Å². The molecule has 0 aromatic carbocycles. The highest BCUT2D eigenvalue weighted by Crippen LogP contribution is 2.40. The molecule has 2 unspecified atom stereocenters. The Morgan fingerprint density at radius 1 is 1.33 bits per heavy atom. The number of rotatable bonds is 7. The van der Waals surface area contributed by atoms with Crippen molar-refractivity contribution in [3.63, 3.8) is 0 Å². The first-order valence-corrected chi connectivity index (χ1v) is 6.35. The molecule has 1 aliphatic rings. The van der Waals surface area contributed by atoms with Crippen LogP contribution in [-0.4, -0.2) is 29.6 Å². The van der Waals surface area contributed by atoms with Gasteiger partial charge in [-0.3, -0.25) is 16.2 Å². The van der Waals surface area contributed by atoms with E-state index in [2.05, 4.69) is 38.0 Å². The Labute approximate surface area is 94.4 Å². The molecule has 3 nitrogen and oxygen atoms in total. The van der Waals surface area contributed by atoms with E-state index in [-0.39, 0.29) is 5.54 Å². The lowest BCUT2D eigenvalue weighted by atomic mass is 9.84. The van der Waals surface area contributed by atoms with Gasteiger partial charge in [0.2, 0.25) is 0 Å². The van der Waals surface area contributed by atoms with Gasteiger partial charge in [0.25, 0.3) is 0 Å². The predicted octanol–water partition coefficient (Wildman–Crippen LogP) is 1.74. The summed E-state index contributed by atoms with van der Waals surface area (Å²) >= 11 is 0. The van der Waals surface area contributed by atoms with Gasteiger partial charge in [0.05, 0.1) is 0 Å². The van der Waals surface area contributed by atoms with E-state index in [9.17, 15) is 0 Å². The summed E-state index contributed by atoms with van der Waals surface area (Å²) in [5, 5.41) is 0. The number of nitrogens with one attached hydrogen (secondary N) is 1. The number of hydrazine groups is 1. The van der Waals surface area contributed by atoms with Crippen LogP contribution in [0.2, 0.25) is 0 Å². The van der Waals surface area contributed by atoms with Gasteiger partial charge in [-0.25, -0.2) is 0 Å². The maximum atomic E-state index is 5.75. The van der Waals surface area contributed by atoms with Crippen LogP contribution in [0.3, 0.4) is 0 Å². The van der Waals surface area contributed by atoms with Crippen LogP contribution in [0.15, 0.2) is 0 Å². The molecule has 1 saturated carbocycles. The Hall–Kier alpha value is -0.120. The van der Waals surface area contributed by atoms with Crippen LogP contribution in [0.5, 0.6) is 0 Å². The molecule has 3 N–H and O–H groups in total. The van der Waals surface area contributed by atoms with Gasteiger partial charge in [0.1, 0.15) is 0 Å². The van der Waals surface area contributed by atoms with E-state index in [4.69, 9.17) is 5.84 Å². The fraction of sp³-hybridized carbons (Fsp3) is 1.00. The predicted molar refractivity (Wildman–Crippen MR) is 65.5 cm³/mol. The minimum Gasteiger partial charge on any atom is -0.297 e. The molecule has 1 fully saturated rings. The number of likely N-dealkylation sites (N-methyl/N-ethyl adjacent to an activating group) is 1. The summed E-state index contributed by atoms with van der Waals surface area (Å²) in [6.07, 6.45) is 3.83. The minimum atomic E-state index is 0.208. The Balaban J connectivity index is 2.79. The third-order valence-electron chi connectivity index (χ3n) is 4.14. The van der Waals surface area contributed by atoms with Crippen molar-refractivity contribution in [2.45, 2.75) is 58.5 Å². The number of hydrogen-bond donors (Lipinski definition) is 2. The number of hydrogen-bond acceptors (Lipinski definition) is 3. The maximum Gasteiger partial charge on any atom is 0.0420 e. The second-order valence-corrected chi connectivity index (χ2v) is 4.86. The number of nitrogens with zero attached hydrogens (tertiary/aromatic N) is 1. The largest absolute Gasteiger partial charge is 0.297 e. The Morgan fingerprint density at radius 2 is 1.87 bits per heavy atom. The van der Waals surface area contributed by atoms with E-state index in [0.29, 0.717) is 6.04 Å². The zero-order valence-corrected chi connectivity index (χ0v) is 10.7. The van der Waals surface area contributed by atoms with E-state index < -0.39 is 0 Å². The van der Waals surface area contributed by atoms with Crippen molar-refractivity contribution in [3.05, 3.63) is 0 Å². The van der Waals surface area contributed by atoms with Crippen molar-refractivity contribution >= 4 is 0 Å². The van der Waals surface area contributed by atoms with E-state index >= 15 is 0 Å². The second kappa shape index (κ2) is 5.28. The molecule has 0 aliphatic heterocycles. The third-order valence-corrected chi connectivity index (χ3v) is 4.14. The van der Waals surface area contributed by atoms with Gasteiger partial charge in [-0.2, -0.15) is 0 Å². The van der Waals surface area contributed by atoms with Crippen molar-refractivity contribution in [3.8, 4) is 0 Å². The van der Waals surface area contributed by atoms with E-state index in [1.165, 1.54) is 12.8 Å². The zero-order chi connectivity index (χ0) is 11.5. The van der Waals surface area contributed by atoms with E-state index in [1.54, 1.807) is 0 Å². The quantitative estimate of drug-likeness (QED) is 0.500. The van der Waals surface area contributed by atoms with Crippen molar-refractivity contribution < 1.29 is 0 Å². The van der Waals surface area contributed by atoms with Crippen LogP contribution in [0.4, 0.5) is 0 Å². The number of nitrogens with two attached hydrogens (primary N) is 1. The highest BCUT2D eigenvalue weighted by atomic mass is 15.3. The lowest BCUT2D eigenvalue weighted by Gasteiger charge is -2.45. The van der Waals surface area contributed by atoms with Crippen molar-refractivity contribution in [1.82, 2.24) is 10.3 Å². The van der Waals surface area contributed by atoms with Gasteiger partial charge in [-0.15, -0.1) is 0 Å². The first-order chi connectivity index (χ1) is 7.13. The first-order valence-electron chi connectivity index (χ1n) is 6.35. The maximum absolute atomic E-state index is 5.75. The molecule has 90 valence electrons. The summed E-state index contributed by atoms with van der Waals surface area (Å²) in [4.78, 5) is 2.54. The van der Waals surface area contributed by atoms with Crippen LogP contribution in [-0.2, 0) is 0 Å². The minimum absolute atomic E-state index is 0.208. The average Bonchev–Trinajstić information content (AvgIpc) is 3.05. The first kappa shape index (κ1) is 12.9. The summed E-state index contributed by atoms with van der Waals surface area (Å²) < 4.78 is 0. The second-order valence-electron chi connectivity index (χ2n) is 4.86. The van der Waals surface area contributed by atoms with E-state index in [1.807, 2.05) is 0 Å². The Morgan fingerprint density at radius 3 is 2.13 bits per heavy atom. The van der Waals surface area contributed by atoms with Crippen molar-refractivity contribution in [1.29, 1.82) is 0 Å². The fourth-order valence-electron chi connectivity index (χ4n) is 2.84. The van der Waals surface area contributed by atoms with Gasteiger partial charge in [-0.1, -0.05) is 20.8 Å². The molecule has 0 aromatic rings. The Bertz CT molecular complexity index is 187. The van der Waals surface area contributed by atoms with Crippen molar-refractivity contribution in [2.75, 3.05) is 13.1 Å². The zero-order valence-electron chi connectivity index (χ0n) is 10.7. The monoisotopic (exact) mass is 213 g/mol. The molecule has 0 radical (unpaired) electrons. The molecule has 0 heterocycles. The molecule has 3 heteroatoms. The molecule has 0 amide bonds. The molecular weight excluding hydrogens is 186 g/mol. The van der Waals surface area contributed by atoms with E-state index in [0.717, 1.165) is 25.4 Å². The summed E-state index contributed by atoms with van der Waals surface area (Å²) in [5.74, 6) is 6.54. The molecular formula is C12H27N3. The molecule has 0 saturated heterocycles. The molecule has 2 atom stereocenters. The van der Waals surface area contributed by atoms with Gasteiger partial charge in [0, 0.05) is 11.6 Å². The van der Waals surface area contributed by atoms with Gasteiger partial charge >= 0.3 is 0 Å². The molecule has 0 aromatic heterocycles. The van der Waals surface area contributed by atoms with Gasteiger partial charge in [0.15, 0.2) is 0 Å². The molecule has 1 aliphatic carbocycles. The van der Waals surface area contributed by atoms with Gasteiger partial charge in [-0.05, 0) is 45.2 Å². The molecule has 1 rings (SSSR count). The summed E-state index contributed by atoms with van der Waals surface area (Å²) in [5.41, 5.74) is 3.27. The summed E-state index contributed by atoms with van der Waals surface area (Å²) in [6.45, 7) is 11.3. The lowest BCUT2D eigenvalue weighted by molar-refractivity contribution is 0.0616. The SMILES string of the molecule is CCN(CC)C(C)(CC)C(NN)C1CC1. The fourth-order valence-corrected chi connectivity index (χ4v) is 2.84. The molecule has 0 bridgehead atoms. The highest BCUT2D eigenvalue weighted by molar-refractivity contribution is 5.02. The standard InChI is InChI=1S/C12H27N3/c1-5-12(4,15(6-2)7-3)11(14-13)10-8-9-10/h10-11,14H,5-9,13H2,1-4H3. The average molecular weight is 213 g/mol. The smallest absolute Gasteiger partial charge is 0.0420 e. The van der Waals surface area contributed by atoms with Crippen molar-refractivity contribution in [2.24, 2.45) is 11.8 Å². The Kier molecular flexibility index (Phi) is 4.56. The third kappa shape index (κ3) is 2.52. The van der Waals surface area contributed by atoms with Crippen LogP contribution < -0.4 is 11.3 Å².